The molecule has 0 saturated heterocycles. The molecular weight excluding hydrogens is 751 g/mol. The third kappa shape index (κ3) is 9.60. The minimum atomic E-state index is -4.69. The fourth-order valence-corrected chi connectivity index (χ4v) is 6.97. The van der Waals surface area contributed by atoms with Crippen molar-refractivity contribution in [2.45, 2.75) is 90.0 Å². The van der Waals surface area contributed by atoms with Crippen LogP contribution in [-0.4, -0.2) is 52.1 Å². The highest BCUT2D eigenvalue weighted by molar-refractivity contribution is 6.00. The minimum Gasteiger partial charge on any atom is -0.358 e. The summed E-state index contributed by atoms with van der Waals surface area (Å²) >= 11 is 0. The number of para-hydroxylation sites is 1. The number of hydrogen-bond donors (Lipinski definition) is 6. The van der Waals surface area contributed by atoms with Crippen LogP contribution < -0.4 is 26.8 Å². The highest BCUT2D eigenvalue weighted by atomic mass is 19.4. The minimum absolute atomic E-state index is 0.0244. The third-order valence-electron chi connectivity index (χ3n) is 10.7. The molecular formula is C41H45F5N6O5. The molecule has 57 heavy (non-hydrogen) atoms. The average Bonchev–Trinajstić information content (AvgIpc) is 3.55. The van der Waals surface area contributed by atoms with Crippen LogP contribution in [0.25, 0.3) is 10.9 Å². The lowest BCUT2D eigenvalue weighted by Gasteiger charge is -2.39. The zero-order valence-corrected chi connectivity index (χ0v) is 31.8. The van der Waals surface area contributed by atoms with E-state index in [9.17, 15) is 45.9 Å². The van der Waals surface area contributed by atoms with Gasteiger partial charge in [0, 0.05) is 23.1 Å². The Balaban J connectivity index is 1.48. The van der Waals surface area contributed by atoms with E-state index in [1.807, 2.05) is 0 Å². The summed E-state index contributed by atoms with van der Waals surface area (Å²) in [6, 6.07) is 11.4. The number of amides is 5. The molecule has 0 radical (unpaired) electrons. The Bertz CT molecular complexity index is 2140. The number of rotatable bonds is 13. The summed E-state index contributed by atoms with van der Waals surface area (Å²) in [6.07, 6.45) is -4.65. The summed E-state index contributed by atoms with van der Waals surface area (Å²) in [5.41, 5.74) is 2.57. The molecule has 2 unspecified atom stereocenters. The van der Waals surface area contributed by atoms with E-state index in [2.05, 4.69) is 31.8 Å². The summed E-state index contributed by atoms with van der Waals surface area (Å²) < 4.78 is 70.0. The zero-order valence-electron chi connectivity index (χ0n) is 31.8. The summed E-state index contributed by atoms with van der Waals surface area (Å²) in [7, 11) is 0. The second kappa shape index (κ2) is 17.6. The van der Waals surface area contributed by atoms with Crippen LogP contribution in [-0.2, 0) is 44.6 Å². The van der Waals surface area contributed by atoms with Gasteiger partial charge in [0.05, 0.1) is 17.5 Å². The van der Waals surface area contributed by atoms with Gasteiger partial charge in [-0.1, -0.05) is 70.9 Å². The maximum Gasteiger partial charge on any atom is 0.418 e. The van der Waals surface area contributed by atoms with E-state index in [0.717, 1.165) is 18.2 Å². The Morgan fingerprint density at radius 1 is 0.807 bits per heavy atom. The zero-order chi connectivity index (χ0) is 41.7. The van der Waals surface area contributed by atoms with Gasteiger partial charge in [-0.15, -0.1) is 0 Å². The van der Waals surface area contributed by atoms with Crippen molar-refractivity contribution < 1.29 is 45.9 Å². The predicted molar refractivity (Wildman–Crippen MR) is 201 cm³/mol. The van der Waals surface area contributed by atoms with Crippen LogP contribution in [0.5, 0.6) is 0 Å². The fraction of sp³-hybridized carbons (Fsp3) is 0.390. The van der Waals surface area contributed by atoms with Crippen molar-refractivity contribution in [2.75, 3.05) is 0 Å². The van der Waals surface area contributed by atoms with Crippen molar-refractivity contribution in [1.82, 2.24) is 31.8 Å². The average molecular weight is 797 g/mol. The molecule has 5 atom stereocenters. The highest BCUT2D eigenvalue weighted by Gasteiger charge is 2.47. The van der Waals surface area contributed by atoms with Crippen molar-refractivity contribution in [3.63, 3.8) is 0 Å². The Labute approximate surface area is 325 Å². The number of nitrogens with one attached hydrogen (secondary N) is 6. The number of H-pyrrole nitrogens is 1. The molecule has 0 spiro atoms. The van der Waals surface area contributed by atoms with Gasteiger partial charge in [0.15, 0.2) is 0 Å². The van der Waals surface area contributed by atoms with Crippen LogP contribution in [0.15, 0.2) is 66.7 Å². The topological polar surface area (TPSA) is 161 Å². The van der Waals surface area contributed by atoms with Crippen LogP contribution in [0.2, 0.25) is 0 Å². The van der Waals surface area contributed by atoms with E-state index >= 15 is 0 Å². The number of alkyl halides is 3. The van der Waals surface area contributed by atoms with E-state index in [-0.39, 0.29) is 47.7 Å². The summed E-state index contributed by atoms with van der Waals surface area (Å²) in [6.45, 7) is 6.95. The number of aromatic nitrogens is 1. The summed E-state index contributed by atoms with van der Waals surface area (Å²) in [5.74, 6) is -6.01. The smallest absolute Gasteiger partial charge is 0.358 e. The molecule has 1 heterocycles. The highest BCUT2D eigenvalue weighted by Crippen LogP contribution is 2.40. The maximum absolute atomic E-state index is 14.7. The first kappa shape index (κ1) is 42.3. The van der Waals surface area contributed by atoms with E-state index in [4.69, 9.17) is 0 Å². The molecule has 6 N–H and O–H groups in total. The lowest BCUT2D eigenvalue weighted by atomic mass is 9.78. The molecule has 0 fully saturated rings. The first-order chi connectivity index (χ1) is 27.0. The van der Waals surface area contributed by atoms with Gasteiger partial charge in [0.2, 0.25) is 17.7 Å². The van der Waals surface area contributed by atoms with Gasteiger partial charge in [-0.3, -0.25) is 34.8 Å². The van der Waals surface area contributed by atoms with E-state index in [1.54, 1.807) is 33.8 Å². The quantitative estimate of drug-likeness (QED) is 0.0770. The Morgan fingerprint density at radius 3 is 2.09 bits per heavy atom. The van der Waals surface area contributed by atoms with Crippen LogP contribution >= 0.6 is 0 Å². The molecule has 0 aliphatic heterocycles. The molecule has 3 aromatic carbocycles. The first-order valence-corrected chi connectivity index (χ1v) is 18.7. The van der Waals surface area contributed by atoms with Gasteiger partial charge in [-0.2, -0.15) is 13.2 Å². The number of fused-ring (bicyclic) bond motifs is 3. The van der Waals surface area contributed by atoms with Crippen molar-refractivity contribution in [3.8, 4) is 0 Å². The predicted octanol–water partition coefficient (Wildman–Crippen LogP) is 5.57. The van der Waals surface area contributed by atoms with Gasteiger partial charge in [-0.05, 0) is 72.2 Å². The van der Waals surface area contributed by atoms with E-state index < -0.39 is 82.4 Å². The van der Waals surface area contributed by atoms with Crippen molar-refractivity contribution in [3.05, 3.63) is 106 Å². The molecule has 5 rings (SSSR count). The van der Waals surface area contributed by atoms with Crippen molar-refractivity contribution in [1.29, 1.82) is 0 Å². The lowest BCUT2D eigenvalue weighted by molar-refractivity contribution is -0.139. The molecule has 1 aliphatic rings. The largest absolute Gasteiger partial charge is 0.418 e. The van der Waals surface area contributed by atoms with Crippen LogP contribution in [0.4, 0.5) is 22.0 Å². The lowest BCUT2D eigenvalue weighted by Crippen LogP contribution is -2.67. The van der Waals surface area contributed by atoms with Gasteiger partial charge in [0.25, 0.3) is 11.8 Å². The second-order valence-corrected chi connectivity index (χ2v) is 14.5. The molecule has 5 amide bonds. The fourth-order valence-electron chi connectivity index (χ4n) is 6.97. The van der Waals surface area contributed by atoms with E-state index in [1.165, 1.54) is 42.5 Å². The Kier molecular flexibility index (Phi) is 13.0. The third-order valence-corrected chi connectivity index (χ3v) is 10.7. The van der Waals surface area contributed by atoms with Crippen molar-refractivity contribution in [2.24, 2.45) is 11.8 Å². The first-order valence-electron chi connectivity index (χ1n) is 18.7. The Hall–Kier alpha value is -5.80. The standard InChI is InChI=1S/C41H45F5N6O5/c1-5-22(3)33(48-32(53)20-25-10-7-8-13-30(25)43)37(55)50-40(19-18-31-28(21-40)27-11-9-12-29(35(27)47-31)41(44,45)46)39(57)49-34(23(4)6-2)38(56)52-51-36(54)24-14-16-26(42)17-15-24/h7-17,22-23,33-34,47H,5-6,18-21H2,1-4H3,(H,48,53)(H,49,57)(H,50,55)(H,51,54)(H,52,56)/t22?,23-,33-,34?,40+/m0/s1. The molecule has 16 heteroatoms. The molecule has 1 aliphatic carbocycles. The van der Waals surface area contributed by atoms with Gasteiger partial charge in [-0.25, -0.2) is 8.78 Å². The molecule has 11 nitrogen and oxygen atoms in total. The number of aryl methyl sites for hydroxylation is 1. The van der Waals surface area contributed by atoms with Crippen LogP contribution in [0.1, 0.15) is 79.7 Å². The monoisotopic (exact) mass is 796 g/mol. The Morgan fingerprint density at radius 2 is 1.46 bits per heavy atom. The number of carbonyl (C=O) groups excluding carboxylic acids is 5. The number of halogens is 5. The normalized spacial score (nSPS) is 17.4. The number of hydrazine groups is 1. The van der Waals surface area contributed by atoms with Gasteiger partial charge in [0.1, 0.15) is 29.3 Å². The number of hydrogen-bond acceptors (Lipinski definition) is 5. The molecule has 0 saturated carbocycles. The van der Waals surface area contributed by atoms with E-state index in [0.29, 0.717) is 24.1 Å². The van der Waals surface area contributed by atoms with Gasteiger partial charge < -0.3 is 20.9 Å². The van der Waals surface area contributed by atoms with Crippen molar-refractivity contribution >= 4 is 40.4 Å². The number of carbonyl (C=O) groups is 5. The SMILES string of the molecule is CCC(C)[C@H](NC(=O)Cc1ccccc1F)C(=O)N[C@]1(C(=O)NC(C(=O)NNC(=O)c2ccc(F)cc2)[C@@H](C)CC)CCc2[nH]c3c(C(F)(F)F)cccc3c2C1. The summed E-state index contributed by atoms with van der Waals surface area (Å²) in [5, 5.41) is 8.45. The second-order valence-electron chi connectivity index (χ2n) is 14.5. The van der Waals surface area contributed by atoms with Crippen LogP contribution in [0.3, 0.4) is 0 Å². The summed E-state index contributed by atoms with van der Waals surface area (Å²) in [4.78, 5) is 71.4. The molecule has 0 bridgehead atoms. The maximum atomic E-state index is 14.7. The van der Waals surface area contributed by atoms with Crippen LogP contribution in [0, 0.1) is 23.5 Å². The number of aromatic amines is 1. The molecule has 4 aromatic rings. The number of benzene rings is 3. The molecule has 1 aromatic heterocycles. The molecule has 304 valence electrons. The van der Waals surface area contributed by atoms with Gasteiger partial charge >= 0.3 is 6.18 Å².